The molecule has 0 amide bonds. The molecule has 0 bridgehead atoms. The van der Waals surface area contributed by atoms with E-state index in [0.29, 0.717) is 34.5 Å². The number of carbonyl (C=O) groups is 1. The lowest BCUT2D eigenvalue weighted by molar-refractivity contribution is 0.0616. The van der Waals surface area contributed by atoms with E-state index in [4.69, 9.17) is 11.6 Å². The summed E-state index contributed by atoms with van der Waals surface area (Å²) in [5.41, 5.74) is -0.456. The summed E-state index contributed by atoms with van der Waals surface area (Å²) in [6, 6.07) is 12.8. The van der Waals surface area contributed by atoms with Crippen LogP contribution in [0.5, 0.6) is 0 Å². The highest BCUT2D eigenvalue weighted by Gasteiger charge is 2.31. The van der Waals surface area contributed by atoms with Crippen molar-refractivity contribution in [3.63, 3.8) is 0 Å². The SMILES string of the molecule is CC(C)(CO)C(=O)n1nc(-c2cccn(Cc3cccs3)c2=O)cc1NCc1ccc(Cl)s1. The molecule has 172 valence electrons. The van der Waals surface area contributed by atoms with Gasteiger partial charge in [0.15, 0.2) is 0 Å². The van der Waals surface area contributed by atoms with Gasteiger partial charge >= 0.3 is 0 Å². The third-order valence-corrected chi connectivity index (χ3v) is 7.24. The monoisotopic (exact) mass is 502 g/mol. The van der Waals surface area contributed by atoms with Gasteiger partial charge in [-0.3, -0.25) is 9.59 Å². The first-order valence-electron chi connectivity index (χ1n) is 10.2. The van der Waals surface area contributed by atoms with Gasteiger partial charge in [0, 0.05) is 22.0 Å². The van der Waals surface area contributed by atoms with E-state index < -0.39 is 5.41 Å². The summed E-state index contributed by atoms with van der Waals surface area (Å²) in [7, 11) is 0. The molecule has 0 aliphatic carbocycles. The lowest BCUT2D eigenvalue weighted by atomic mass is 9.94. The standard InChI is InChI=1S/C23H23ClN4O3S2/c1-23(2,14-29)22(31)28-20(25-12-15-7-8-19(24)33-15)11-18(26-28)17-6-3-9-27(21(17)30)13-16-5-4-10-32-16/h3-11,25,29H,12-14H2,1-2H3. The highest BCUT2D eigenvalue weighted by atomic mass is 35.5. The minimum absolute atomic E-state index is 0.194. The number of aliphatic hydroxyl groups excluding tert-OH is 1. The van der Waals surface area contributed by atoms with Gasteiger partial charge in [0.2, 0.25) is 0 Å². The van der Waals surface area contributed by atoms with Crippen molar-refractivity contribution < 1.29 is 9.90 Å². The molecule has 0 radical (unpaired) electrons. The Balaban J connectivity index is 1.71. The van der Waals surface area contributed by atoms with Crippen molar-refractivity contribution in [2.75, 3.05) is 11.9 Å². The van der Waals surface area contributed by atoms with E-state index in [1.54, 1.807) is 54.1 Å². The molecule has 0 spiro atoms. The van der Waals surface area contributed by atoms with Crippen LogP contribution in [-0.2, 0) is 13.1 Å². The average Bonchev–Trinajstić information content (AvgIpc) is 3.54. The number of nitrogens with one attached hydrogen (secondary N) is 1. The van der Waals surface area contributed by atoms with E-state index >= 15 is 0 Å². The van der Waals surface area contributed by atoms with Gasteiger partial charge in [-0.1, -0.05) is 17.7 Å². The number of pyridine rings is 1. The number of rotatable bonds is 8. The second kappa shape index (κ2) is 9.64. The first kappa shape index (κ1) is 23.4. The van der Waals surface area contributed by atoms with Crippen molar-refractivity contribution in [2.45, 2.75) is 26.9 Å². The summed E-state index contributed by atoms with van der Waals surface area (Å²) >= 11 is 9.04. The molecule has 7 nitrogen and oxygen atoms in total. The maximum absolute atomic E-state index is 13.2. The Bertz CT molecular complexity index is 1320. The summed E-state index contributed by atoms with van der Waals surface area (Å²) < 4.78 is 3.53. The second-order valence-corrected chi connectivity index (χ2v) is 11.0. The molecule has 0 fully saturated rings. The van der Waals surface area contributed by atoms with Crippen LogP contribution in [0.1, 0.15) is 28.4 Å². The Labute approximate surface area is 203 Å². The topological polar surface area (TPSA) is 89.2 Å². The van der Waals surface area contributed by atoms with Crippen LogP contribution in [0.2, 0.25) is 4.34 Å². The minimum Gasteiger partial charge on any atom is -0.395 e. The fourth-order valence-corrected chi connectivity index (χ4v) is 4.93. The number of carbonyl (C=O) groups excluding carboxylic acids is 1. The van der Waals surface area contributed by atoms with Crippen LogP contribution in [-0.4, -0.2) is 32.0 Å². The number of halogens is 1. The molecule has 0 aliphatic heterocycles. The minimum atomic E-state index is -1.04. The van der Waals surface area contributed by atoms with Crippen LogP contribution in [0.15, 0.2) is 58.8 Å². The van der Waals surface area contributed by atoms with E-state index in [-0.39, 0.29) is 18.1 Å². The van der Waals surface area contributed by atoms with Crippen molar-refractivity contribution in [1.29, 1.82) is 0 Å². The van der Waals surface area contributed by atoms with E-state index in [0.717, 1.165) is 9.75 Å². The Morgan fingerprint density at radius 2 is 2.03 bits per heavy atom. The van der Waals surface area contributed by atoms with Crippen LogP contribution in [0.25, 0.3) is 11.3 Å². The van der Waals surface area contributed by atoms with Gasteiger partial charge in [-0.2, -0.15) is 9.78 Å². The van der Waals surface area contributed by atoms with E-state index in [2.05, 4.69) is 10.4 Å². The van der Waals surface area contributed by atoms with Crippen LogP contribution in [0, 0.1) is 5.41 Å². The Morgan fingerprint density at radius 1 is 1.21 bits per heavy atom. The van der Waals surface area contributed by atoms with Gasteiger partial charge < -0.3 is 15.0 Å². The van der Waals surface area contributed by atoms with Crippen molar-refractivity contribution in [2.24, 2.45) is 5.41 Å². The van der Waals surface area contributed by atoms with Crippen LogP contribution in [0.4, 0.5) is 5.82 Å². The zero-order valence-electron chi connectivity index (χ0n) is 18.1. The Morgan fingerprint density at radius 3 is 2.70 bits per heavy atom. The summed E-state index contributed by atoms with van der Waals surface area (Å²) in [6.07, 6.45) is 1.74. The number of nitrogens with zero attached hydrogens (tertiary/aromatic N) is 3. The molecule has 4 aromatic heterocycles. The van der Waals surface area contributed by atoms with Gasteiger partial charge in [0.1, 0.15) is 11.5 Å². The average molecular weight is 503 g/mol. The summed E-state index contributed by atoms with van der Waals surface area (Å²) in [5, 5.41) is 19.4. The molecule has 0 aliphatic rings. The van der Waals surface area contributed by atoms with E-state index in [1.165, 1.54) is 16.0 Å². The lowest BCUT2D eigenvalue weighted by Gasteiger charge is -2.20. The van der Waals surface area contributed by atoms with Gasteiger partial charge in [-0.25, -0.2) is 0 Å². The third kappa shape index (κ3) is 5.11. The second-order valence-electron chi connectivity index (χ2n) is 8.17. The molecule has 4 rings (SSSR count). The molecule has 4 heterocycles. The quantitative estimate of drug-likeness (QED) is 0.361. The van der Waals surface area contributed by atoms with E-state index in [1.807, 2.05) is 29.6 Å². The molecule has 10 heteroatoms. The van der Waals surface area contributed by atoms with Crippen LogP contribution < -0.4 is 10.9 Å². The number of hydrogen-bond acceptors (Lipinski definition) is 7. The largest absolute Gasteiger partial charge is 0.395 e. The number of hydrogen-bond donors (Lipinski definition) is 2. The molecule has 0 atom stereocenters. The predicted molar refractivity (Wildman–Crippen MR) is 133 cm³/mol. The molecule has 0 unspecified atom stereocenters. The maximum atomic E-state index is 13.2. The summed E-state index contributed by atoms with van der Waals surface area (Å²) in [4.78, 5) is 28.4. The Kier molecular flexibility index (Phi) is 6.85. The Hall–Kier alpha value is -2.72. The maximum Gasteiger partial charge on any atom is 0.260 e. The highest BCUT2D eigenvalue weighted by Crippen LogP contribution is 2.27. The molecule has 0 saturated heterocycles. The molecule has 4 aromatic rings. The number of thiophene rings is 2. The predicted octanol–water partition coefficient (Wildman–Crippen LogP) is 4.81. The van der Waals surface area contributed by atoms with E-state index in [9.17, 15) is 14.7 Å². The van der Waals surface area contributed by atoms with Gasteiger partial charge in [0.25, 0.3) is 11.5 Å². The number of aliphatic hydroxyl groups is 1. The van der Waals surface area contributed by atoms with Crippen molar-refractivity contribution >= 4 is 46.0 Å². The first-order chi connectivity index (χ1) is 15.8. The van der Waals surface area contributed by atoms with Gasteiger partial charge in [0.05, 0.1) is 35.0 Å². The zero-order valence-corrected chi connectivity index (χ0v) is 20.5. The molecule has 2 N–H and O–H groups in total. The first-order valence-corrected chi connectivity index (χ1v) is 12.3. The summed E-state index contributed by atoms with van der Waals surface area (Å²) in [5.74, 6) is 0.0620. The van der Waals surface area contributed by atoms with Crippen molar-refractivity contribution in [1.82, 2.24) is 14.3 Å². The molecular weight excluding hydrogens is 480 g/mol. The highest BCUT2D eigenvalue weighted by molar-refractivity contribution is 7.16. The molecule has 0 aromatic carbocycles. The van der Waals surface area contributed by atoms with Crippen LogP contribution >= 0.6 is 34.3 Å². The molecule has 0 saturated carbocycles. The fourth-order valence-electron chi connectivity index (χ4n) is 3.20. The summed E-state index contributed by atoms with van der Waals surface area (Å²) in [6.45, 7) is 3.87. The normalized spacial score (nSPS) is 11.6. The molecule has 33 heavy (non-hydrogen) atoms. The van der Waals surface area contributed by atoms with Gasteiger partial charge in [-0.15, -0.1) is 22.7 Å². The fraction of sp³-hybridized carbons (Fsp3) is 0.261. The number of anilines is 1. The zero-order chi connectivity index (χ0) is 23.6. The van der Waals surface area contributed by atoms with Crippen molar-refractivity contribution in [3.8, 4) is 11.3 Å². The smallest absolute Gasteiger partial charge is 0.260 e. The third-order valence-electron chi connectivity index (χ3n) is 5.15. The molecular formula is C23H23ClN4O3S2. The lowest BCUT2D eigenvalue weighted by Crippen LogP contribution is -2.34. The van der Waals surface area contributed by atoms with Crippen LogP contribution in [0.3, 0.4) is 0 Å². The number of aromatic nitrogens is 3. The van der Waals surface area contributed by atoms with Crippen molar-refractivity contribution in [3.05, 3.63) is 78.5 Å². The van der Waals surface area contributed by atoms with Gasteiger partial charge in [-0.05, 0) is 49.6 Å².